The lowest BCUT2D eigenvalue weighted by atomic mass is 10.1. The Balaban J connectivity index is 1.90. The SMILES string of the molecule is CC[C@H](C)NC(=O)[C@H](C)N(Cc1c(Cl)cccc1Cl)C(=O)CN(c1ccc(Oc2ccccc2)cc1)S(C)(=O)=O. The van der Waals surface area contributed by atoms with Gasteiger partial charge in [0.05, 0.1) is 11.9 Å². The maximum absolute atomic E-state index is 13.7. The van der Waals surface area contributed by atoms with Gasteiger partial charge in [-0.15, -0.1) is 0 Å². The van der Waals surface area contributed by atoms with Gasteiger partial charge in [-0.1, -0.05) is 54.4 Å². The molecule has 3 aromatic rings. The summed E-state index contributed by atoms with van der Waals surface area (Å²) in [5.41, 5.74) is 0.722. The smallest absolute Gasteiger partial charge is 0.244 e. The molecule has 0 aliphatic heterocycles. The van der Waals surface area contributed by atoms with Crippen LogP contribution in [-0.4, -0.2) is 50.0 Å². The summed E-state index contributed by atoms with van der Waals surface area (Å²) in [6.45, 7) is 4.75. The van der Waals surface area contributed by atoms with Crippen LogP contribution < -0.4 is 14.4 Å². The molecule has 0 unspecified atom stereocenters. The lowest BCUT2D eigenvalue weighted by molar-refractivity contribution is -0.139. The van der Waals surface area contributed by atoms with E-state index in [1.165, 1.54) is 4.90 Å². The molecule has 40 heavy (non-hydrogen) atoms. The van der Waals surface area contributed by atoms with Crippen LogP contribution in [0.1, 0.15) is 32.8 Å². The molecule has 0 saturated carbocycles. The van der Waals surface area contributed by atoms with Crippen LogP contribution in [0.3, 0.4) is 0 Å². The molecular formula is C29H33Cl2N3O5S. The maximum atomic E-state index is 13.7. The second kappa shape index (κ2) is 13.9. The predicted molar refractivity (Wildman–Crippen MR) is 160 cm³/mol. The number of rotatable bonds is 12. The van der Waals surface area contributed by atoms with Gasteiger partial charge in [0, 0.05) is 28.2 Å². The third kappa shape index (κ3) is 8.36. The fourth-order valence-electron chi connectivity index (χ4n) is 3.82. The molecule has 11 heteroatoms. The summed E-state index contributed by atoms with van der Waals surface area (Å²) in [5, 5.41) is 3.53. The molecule has 0 spiro atoms. The molecule has 0 radical (unpaired) electrons. The number of nitrogens with zero attached hydrogens (tertiary/aromatic N) is 2. The molecule has 2 amide bonds. The van der Waals surface area contributed by atoms with Crippen molar-refractivity contribution in [1.82, 2.24) is 10.2 Å². The summed E-state index contributed by atoms with van der Waals surface area (Å²) in [7, 11) is -3.88. The molecule has 0 heterocycles. The van der Waals surface area contributed by atoms with E-state index in [1.54, 1.807) is 61.5 Å². The van der Waals surface area contributed by atoms with Crippen molar-refractivity contribution in [3.63, 3.8) is 0 Å². The topological polar surface area (TPSA) is 96.0 Å². The van der Waals surface area contributed by atoms with Crippen LogP contribution in [-0.2, 0) is 26.2 Å². The van der Waals surface area contributed by atoms with E-state index in [0.717, 1.165) is 10.6 Å². The molecular weight excluding hydrogens is 573 g/mol. The average Bonchev–Trinajstić information content (AvgIpc) is 2.91. The summed E-state index contributed by atoms with van der Waals surface area (Å²) in [6, 6.07) is 19.4. The van der Waals surface area contributed by atoms with E-state index in [-0.39, 0.29) is 24.2 Å². The van der Waals surface area contributed by atoms with Gasteiger partial charge in [-0.2, -0.15) is 0 Å². The maximum Gasteiger partial charge on any atom is 0.244 e. The van der Waals surface area contributed by atoms with E-state index in [2.05, 4.69) is 5.32 Å². The van der Waals surface area contributed by atoms with Crippen molar-refractivity contribution < 1.29 is 22.7 Å². The largest absolute Gasteiger partial charge is 0.457 e. The molecule has 0 bridgehead atoms. The zero-order chi connectivity index (χ0) is 29.4. The first-order chi connectivity index (χ1) is 18.9. The third-order valence-corrected chi connectivity index (χ3v) is 8.19. The van der Waals surface area contributed by atoms with E-state index in [1.807, 2.05) is 32.0 Å². The highest BCUT2D eigenvalue weighted by Crippen LogP contribution is 2.28. The second-order valence-electron chi connectivity index (χ2n) is 9.39. The van der Waals surface area contributed by atoms with Crippen LogP contribution in [0.25, 0.3) is 0 Å². The lowest BCUT2D eigenvalue weighted by Crippen LogP contribution is -2.52. The minimum absolute atomic E-state index is 0.0894. The number of para-hydroxylation sites is 1. The Labute approximate surface area is 245 Å². The molecule has 2 atom stereocenters. The number of hydrogen-bond acceptors (Lipinski definition) is 5. The highest BCUT2D eigenvalue weighted by Gasteiger charge is 2.31. The van der Waals surface area contributed by atoms with Gasteiger partial charge in [0.1, 0.15) is 24.1 Å². The summed E-state index contributed by atoms with van der Waals surface area (Å²) in [6.07, 6.45) is 1.72. The monoisotopic (exact) mass is 605 g/mol. The number of carbonyl (C=O) groups is 2. The number of carbonyl (C=O) groups excluding carboxylic acids is 2. The van der Waals surface area contributed by atoms with E-state index in [9.17, 15) is 18.0 Å². The normalized spacial score (nSPS) is 12.8. The van der Waals surface area contributed by atoms with Crippen LogP contribution in [0.2, 0.25) is 10.0 Å². The fourth-order valence-corrected chi connectivity index (χ4v) is 5.19. The molecule has 0 aromatic heterocycles. The number of benzene rings is 3. The lowest BCUT2D eigenvalue weighted by Gasteiger charge is -2.32. The number of amides is 2. The highest BCUT2D eigenvalue weighted by molar-refractivity contribution is 7.92. The van der Waals surface area contributed by atoms with Crippen molar-refractivity contribution in [3.8, 4) is 11.5 Å². The molecule has 0 fully saturated rings. The number of sulfonamides is 1. The third-order valence-electron chi connectivity index (χ3n) is 6.34. The Bertz CT molecular complexity index is 1400. The van der Waals surface area contributed by atoms with Crippen LogP contribution in [0.4, 0.5) is 5.69 Å². The molecule has 3 rings (SSSR count). The van der Waals surface area contributed by atoms with Crippen LogP contribution in [0, 0.1) is 0 Å². The number of halogens is 2. The first-order valence-electron chi connectivity index (χ1n) is 12.7. The van der Waals surface area contributed by atoms with Crippen LogP contribution in [0.5, 0.6) is 11.5 Å². The minimum atomic E-state index is -3.88. The van der Waals surface area contributed by atoms with Crippen molar-refractivity contribution in [1.29, 1.82) is 0 Å². The van der Waals surface area contributed by atoms with Crippen molar-refractivity contribution in [3.05, 3.63) is 88.4 Å². The standard InChI is InChI=1S/C29H33Cl2N3O5S/c1-5-20(2)32-29(36)21(3)33(18-25-26(30)12-9-13-27(25)31)28(35)19-34(40(4,37)38)22-14-16-24(17-15-22)39-23-10-7-6-8-11-23/h6-17,20-21H,5,18-19H2,1-4H3,(H,32,36)/t20-,21-/m0/s1. The minimum Gasteiger partial charge on any atom is -0.457 e. The Morgan fingerprint density at radius 1 is 0.900 bits per heavy atom. The molecule has 1 N–H and O–H groups in total. The van der Waals surface area contributed by atoms with Crippen LogP contribution >= 0.6 is 23.2 Å². The fraction of sp³-hybridized carbons (Fsp3) is 0.310. The Kier molecular flexibility index (Phi) is 10.8. The molecule has 3 aromatic carbocycles. The van der Waals surface area contributed by atoms with Gasteiger partial charge in [0.25, 0.3) is 0 Å². The predicted octanol–water partition coefficient (Wildman–Crippen LogP) is 5.88. The van der Waals surface area contributed by atoms with Crippen molar-refractivity contribution in [2.24, 2.45) is 0 Å². The van der Waals surface area contributed by atoms with Gasteiger partial charge in [0.2, 0.25) is 21.8 Å². The van der Waals surface area contributed by atoms with Crippen LogP contribution in [0.15, 0.2) is 72.8 Å². The van der Waals surface area contributed by atoms with Crippen molar-refractivity contribution in [2.75, 3.05) is 17.1 Å². The molecule has 0 aliphatic carbocycles. The van der Waals surface area contributed by atoms with E-state index >= 15 is 0 Å². The van der Waals surface area contributed by atoms with E-state index in [0.29, 0.717) is 33.5 Å². The first-order valence-corrected chi connectivity index (χ1v) is 15.3. The molecule has 0 saturated heterocycles. The second-order valence-corrected chi connectivity index (χ2v) is 12.1. The number of hydrogen-bond donors (Lipinski definition) is 1. The zero-order valence-corrected chi connectivity index (χ0v) is 25.1. The summed E-state index contributed by atoms with van der Waals surface area (Å²) in [5.74, 6) is 0.154. The number of anilines is 1. The van der Waals surface area contributed by atoms with Gasteiger partial charge in [-0.3, -0.25) is 13.9 Å². The van der Waals surface area contributed by atoms with Crippen molar-refractivity contribution in [2.45, 2.75) is 45.8 Å². The van der Waals surface area contributed by atoms with E-state index in [4.69, 9.17) is 27.9 Å². The number of ether oxygens (including phenoxy) is 1. The Morgan fingerprint density at radius 2 is 1.48 bits per heavy atom. The zero-order valence-electron chi connectivity index (χ0n) is 22.8. The van der Waals surface area contributed by atoms with Gasteiger partial charge in [-0.05, 0) is 68.8 Å². The molecule has 214 valence electrons. The van der Waals surface area contributed by atoms with Gasteiger partial charge in [-0.25, -0.2) is 8.42 Å². The summed E-state index contributed by atoms with van der Waals surface area (Å²) < 4.78 is 32.4. The van der Waals surface area contributed by atoms with Gasteiger partial charge in [0.15, 0.2) is 0 Å². The summed E-state index contributed by atoms with van der Waals surface area (Å²) in [4.78, 5) is 28.1. The first kappa shape index (κ1) is 31.3. The quantitative estimate of drug-likeness (QED) is 0.278. The van der Waals surface area contributed by atoms with Gasteiger partial charge >= 0.3 is 0 Å². The van der Waals surface area contributed by atoms with Gasteiger partial charge < -0.3 is 15.0 Å². The Morgan fingerprint density at radius 3 is 2.02 bits per heavy atom. The molecule has 8 nitrogen and oxygen atoms in total. The average molecular weight is 607 g/mol. The molecule has 0 aliphatic rings. The van der Waals surface area contributed by atoms with Crippen molar-refractivity contribution >= 4 is 50.7 Å². The van der Waals surface area contributed by atoms with E-state index < -0.39 is 28.5 Å². The highest BCUT2D eigenvalue weighted by atomic mass is 35.5. The number of nitrogens with one attached hydrogen (secondary N) is 1. The Hall–Kier alpha value is -3.27. The summed E-state index contributed by atoms with van der Waals surface area (Å²) >= 11 is 12.8.